The number of hydrogen-bond donors (Lipinski definition) is 1. The zero-order valence-electron chi connectivity index (χ0n) is 14.9. The fourth-order valence-corrected chi connectivity index (χ4v) is 3.98. The second-order valence-electron chi connectivity index (χ2n) is 7.83. The van der Waals surface area contributed by atoms with Gasteiger partial charge in [0.2, 0.25) is 0 Å². The van der Waals surface area contributed by atoms with Crippen molar-refractivity contribution in [3.63, 3.8) is 0 Å². The van der Waals surface area contributed by atoms with E-state index in [0.717, 1.165) is 19.1 Å². The van der Waals surface area contributed by atoms with Crippen LogP contribution in [0.2, 0.25) is 0 Å². The van der Waals surface area contributed by atoms with E-state index in [0.29, 0.717) is 17.0 Å². The molecular weight excluding hydrogens is 260 g/mol. The van der Waals surface area contributed by atoms with Gasteiger partial charge in [-0.15, -0.1) is 0 Å². The van der Waals surface area contributed by atoms with E-state index < -0.39 is 0 Å². The van der Waals surface area contributed by atoms with E-state index in [1.54, 1.807) is 0 Å². The molecule has 2 rings (SSSR count). The molecule has 1 atom stereocenters. The van der Waals surface area contributed by atoms with Crippen LogP contribution in [-0.4, -0.2) is 49.8 Å². The van der Waals surface area contributed by atoms with Gasteiger partial charge in [0.1, 0.15) is 0 Å². The Labute approximate surface area is 131 Å². The van der Waals surface area contributed by atoms with Gasteiger partial charge in [0.15, 0.2) is 0 Å². The SMILES string of the molecule is CCC1(CC)CN(CC2(CCOC)CC2)C(C(C)C)CN1. The average Bonchev–Trinajstić information content (AvgIpc) is 3.24. The van der Waals surface area contributed by atoms with E-state index in [-0.39, 0.29) is 0 Å². The Morgan fingerprint density at radius 3 is 2.38 bits per heavy atom. The van der Waals surface area contributed by atoms with Crippen LogP contribution in [0, 0.1) is 11.3 Å². The molecule has 0 spiro atoms. The maximum atomic E-state index is 5.33. The summed E-state index contributed by atoms with van der Waals surface area (Å²) in [7, 11) is 1.83. The molecule has 1 aliphatic carbocycles. The highest BCUT2D eigenvalue weighted by atomic mass is 16.5. The van der Waals surface area contributed by atoms with E-state index >= 15 is 0 Å². The summed E-state index contributed by atoms with van der Waals surface area (Å²) >= 11 is 0. The fraction of sp³-hybridized carbons (Fsp3) is 1.00. The fourth-order valence-electron chi connectivity index (χ4n) is 3.98. The van der Waals surface area contributed by atoms with Crippen molar-refractivity contribution in [2.24, 2.45) is 11.3 Å². The van der Waals surface area contributed by atoms with Crippen LogP contribution in [-0.2, 0) is 4.74 Å². The third-order valence-corrected chi connectivity index (χ3v) is 6.12. The first-order valence-electron chi connectivity index (χ1n) is 8.98. The van der Waals surface area contributed by atoms with Crippen LogP contribution in [0.15, 0.2) is 0 Å². The van der Waals surface area contributed by atoms with Crippen molar-refractivity contribution in [2.75, 3.05) is 33.4 Å². The van der Waals surface area contributed by atoms with Crippen molar-refractivity contribution in [3.05, 3.63) is 0 Å². The zero-order valence-corrected chi connectivity index (χ0v) is 14.9. The van der Waals surface area contributed by atoms with E-state index in [4.69, 9.17) is 4.74 Å². The lowest BCUT2D eigenvalue weighted by Gasteiger charge is -2.50. The molecule has 3 heteroatoms. The van der Waals surface area contributed by atoms with Crippen molar-refractivity contribution in [3.8, 4) is 0 Å². The number of hydrogen-bond acceptors (Lipinski definition) is 3. The smallest absolute Gasteiger partial charge is 0.0468 e. The molecule has 1 heterocycles. The summed E-state index contributed by atoms with van der Waals surface area (Å²) in [4.78, 5) is 2.82. The molecule has 1 unspecified atom stereocenters. The van der Waals surface area contributed by atoms with Gasteiger partial charge in [0, 0.05) is 44.9 Å². The molecule has 0 radical (unpaired) electrons. The van der Waals surface area contributed by atoms with E-state index in [2.05, 4.69) is 37.9 Å². The van der Waals surface area contributed by atoms with Crippen LogP contribution < -0.4 is 5.32 Å². The molecule has 124 valence electrons. The summed E-state index contributed by atoms with van der Waals surface area (Å²) in [5.41, 5.74) is 0.899. The predicted molar refractivity (Wildman–Crippen MR) is 89.7 cm³/mol. The molecule has 0 bridgehead atoms. The number of ether oxygens (including phenoxy) is 1. The Hall–Kier alpha value is -0.120. The summed E-state index contributed by atoms with van der Waals surface area (Å²) in [6.45, 7) is 14.0. The topological polar surface area (TPSA) is 24.5 Å². The molecule has 2 fully saturated rings. The molecular formula is C18H36N2O. The highest BCUT2D eigenvalue weighted by molar-refractivity contribution is 5.02. The Kier molecular flexibility index (Phi) is 5.72. The molecule has 1 saturated heterocycles. The number of piperazine rings is 1. The summed E-state index contributed by atoms with van der Waals surface area (Å²) in [5, 5.41) is 3.88. The molecule has 0 aromatic heterocycles. The van der Waals surface area contributed by atoms with Gasteiger partial charge in [-0.1, -0.05) is 27.7 Å². The van der Waals surface area contributed by atoms with E-state index in [1.807, 2.05) is 7.11 Å². The minimum atomic E-state index is 0.336. The second kappa shape index (κ2) is 6.97. The van der Waals surface area contributed by atoms with Crippen LogP contribution in [0.5, 0.6) is 0 Å². The maximum Gasteiger partial charge on any atom is 0.0468 e. The van der Waals surface area contributed by atoms with Crippen LogP contribution in [0.4, 0.5) is 0 Å². The number of nitrogens with one attached hydrogen (secondary N) is 1. The van der Waals surface area contributed by atoms with Gasteiger partial charge in [0.25, 0.3) is 0 Å². The highest BCUT2D eigenvalue weighted by Crippen LogP contribution is 2.50. The largest absolute Gasteiger partial charge is 0.385 e. The van der Waals surface area contributed by atoms with Crippen LogP contribution in [0.1, 0.15) is 59.8 Å². The minimum Gasteiger partial charge on any atom is -0.385 e. The Morgan fingerprint density at radius 1 is 1.24 bits per heavy atom. The van der Waals surface area contributed by atoms with Gasteiger partial charge in [-0.25, -0.2) is 0 Å². The molecule has 1 aliphatic heterocycles. The molecule has 1 N–H and O–H groups in total. The van der Waals surface area contributed by atoms with Gasteiger partial charge in [-0.2, -0.15) is 0 Å². The van der Waals surface area contributed by atoms with Gasteiger partial charge in [-0.3, -0.25) is 4.90 Å². The Morgan fingerprint density at radius 2 is 1.90 bits per heavy atom. The molecule has 0 aromatic rings. The number of rotatable bonds is 8. The number of methoxy groups -OCH3 is 1. The average molecular weight is 296 g/mol. The molecule has 2 aliphatic rings. The molecule has 0 amide bonds. The summed E-state index contributed by atoms with van der Waals surface area (Å²) in [6, 6.07) is 0.691. The second-order valence-corrected chi connectivity index (χ2v) is 7.83. The van der Waals surface area contributed by atoms with Gasteiger partial charge in [-0.05, 0) is 43.4 Å². The highest BCUT2D eigenvalue weighted by Gasteiger charge is 2.47. The van der Waals surface area contributed by atoms with Crippen molar-refractivity contribution in [1.82, 2.24) is 10.2 Å². The third-order valence-electron chi connectivity index (χ3n) is 6.12. The molecule has 3 nitrogen and oxygen atoms in total. The third kappa shape index (κ3) is 4.00. The standard InChI is InChI=1S/C18H36N2O/c1-6-18(7-2)14-20(16(12-19-18)15(3)4)13-17(8-9-17)10-11-21-5/h15-16,19H,6-14H2,1-5H3. The summed E-state index contributed by atoms with van der Waals surface area (Å²) in [6.07, 6.45) is 6.50. The minimum absolute atomic E-state index is 0.336. The van der Waals surface area contributed by atoms with Crippen molar-refractivity contribution in [2.45, 2.75) is 71.4 Å². The maximum absolute atomic E-state index is 5.33. The normalized spacial score (nSPS) is 28.0. The van der Waals surface area contributed by atoms with Crippen molar-refractivity contribution >= 4 is 0 Å². The predicted octanol–water partition coefficient (Wildman–Crippen LogP) is 3.29. The summed E-state index contributed by atoms with van der Waals surface area (Å²) < 4.78 is 5.33. The molecule has 21 heavy (non-hydrogen) atoms. The Bertz CT molecular complexity index is 321. The van der Waals surface area contributed by atoms with E-state index in [9.17, 15) is 0 Å². The monoisotopic (exact) mass is 296 g/mol. The number of nitrogens with zero attached hydrogens (tertiary/aromatic N) is 1. The molecule has 0 aromatic carbocycles. The zero-order chi connectivity index (χ0) is 15.5. The lowest BCUT2D eigenvalue weighted by atomic mass is 9.85. The van der Waals surface area contributed by atoms with E-state index in [1.165, 1.54) is 45.2 Å². The Balaban J connectivity index is 2.04. The quantitative estimate of drug-likeness (QED) is 0.744. The lowest BCUT2D eigenvalue weighted by molar-refractivity contribution is 0.0292. The van der Waals surface area contributed by atoms with Crippen molar-refractivity contribution < 1.29 is 4.74 Å². The lowest BCUT2D eigenvalue weighted by Crippen LogP contribution is -2.65. The first-order valence-corrected chi connectivity index (χ1v) is 8.98. The van der Waals surface area contributed by atoms with Crippen molar-refractivity contribution in [1.29, 1.82) is 0 Å². The van der Waals surface area contributed by atoms with Gasteiger partial charge in [0.05, 0.1) is 0 Å². The van der Waals surface area contributed by atoms with Gasteiger partial charge >= 0.3 is 0 Å². The van der Waals surface area contributed by atoms with Gasteiger partial charge < -0.3 is 10.1 Å². The summed E-state index contributed by atoms with van der Waals surface area (Å²) in [5.74, 6) is 0.724. The first-order chi connectivity index (χ1) is 10.00. The van der Waals surface area contributed by atoms with Crippen LogP contribution >= 0.6 is 0 Å². The van der Waals surface area contributed by atoms with Crippen LogP contribution in [0.25, 0.3) is 0 Å². The molecule has 1 saturated carbocycles. The first kappa shape index (κ1) is 17.2. The van der Waals surface area contributed by atoms with Crippen LogP contribution in [0.3, 0.4) is 0 Å².